The van der Waals surface area contributed by atoms with Crippen LogP contribution in [0.25, 0.3) is 77.2 Å². The minimum Gasteiger partial charge on any atom is -0.711 e. The molecule has 0 unspecified atom stereocenters. The van der Waals surface area contributed by atoms with Gasteiger partial charge in [0.2, 0.25) is 11.5 Å². The molecule has 0 saturated heterocycles. The minimum atomic E-state index is -0.404. The second-order valence-corrected chi connectivity index (χ2v) is 36.0. The molecule has 2 atom stereocenters. The quantitative estimate of drug-likeness (QED) is 0.0842. The molecule has 11 rings (SSSR count). The lowest BCUT2D eigenvalue weighted by Gasteiger charge is -2.41. The van der Waals surface area contributed by atoms with Crippen LogP contribution in [0.15, 0.2) is 121 Å². The average molecular weight is 1310 g/mol. The number of phenolic OH excluding ortho intramolecular Hbond substituents is 2. The van der Waals surface area contributed by atoms with Crippen LogP contribution < -0.4 is 0 Å². The fraction of sp³-hybridized carbons (Fsp3) is 0.438. The summed E-state index contributed by atoms with van der Waals surface area (Å²) in [6.07, 6.45) is 5.53. The molecule has 0 bridgehead atoms. The van der Waals surface area contributed by atoms with Crippen molar-refractivity contribution in [1.29, 1.82) is 0 Å². The van der Waals surface area contributed by atoms with Gasteiger partial charge in [0.1, 0.15) is 23.1 Å². The van der Waals surface area contributed by atoms with E-state index in [1.807, 2.05) is 13.8 Å². The molecular formula is C89H110F2N2O4. The highest BCUT2D eigenvalue weighted by molar-refractivity contribution is 6.11. The van der Waals surface area contributed by atoms with Gasteiger partial charge in [-0.15, -0.1) is 0 Å². The first kappa shape index (κ1) is 70.7. The number of benzene rings is 8. The van der Waals surface area contributed by atoms with Crippen LogP contribution in [0.1, 0.15) is 215 Å². The number of hydrogen-bond acceptors (Lipinski definition) is 2. The number of nitrogens with zero attached hydrogens (tertiary/aromatic N) is 2. The van der Waals surface area contributed by atoms with E-state index in [2.05, 4.69) is 253 Å². The van der Waals surface area contributed by atoms with Gasteiger partial charge in [-0.05, 0) is 205 Å². The number of fused-ring (bicyclic) bond motifs is 6. The summed E-state index contributed by atoms with van der Waals surface area (Å²) in [7, 11) is 9.55. The van der Waals surface area contributed by atoms with Crippen LogP contribution in [0.2, 0.25) is 0 Å². The smallest absolute Gasteiger partial charge is 0.237 e. The van der Waals surface area contributed by atoms with Crippen LogP contribution in [0.5, 0.6) is 23.0 Å². The number of aryl methyl sites for hydroxylation is 3. The molecule has 2 aromatic heterocycles. The molecule has 10 aromatic rings. The van der Waals surface area contributed by atoms with Crippen molar-refractivity contribution in [3.8, 4) is 56.6 Å². The molecule has 0 spiro atoms. The van der Waals surface area contributed by atoms with Crippen molar-refractivity contribution in [1.82, 2.24) is 9.13 Å². The molecule has 1 aliphatic carbocycles. The maximum atomic E-state index is 16.7. The summed E-state index contributed by atoms with van der Waals surface area (Å²) >= 11 is 0. The van der Waals surface area contributed by atoms with Gasteiger partial charge in [-0.25, -0.2) is 8.78 Å². The lowest BCUT2D eigenvalue weighted by Crippen LogP contribution is -2.31. The van der Waals surface area contributed by atoms with E-state index in [9.17, 15) is 10.2 Å². The molecule has 1 saturated carbocycles. The maximum absolute atomic E-state index is 16.7. The summed E-state index contributed by atoms with van der Waals surface area (Å²) < 4.78 is 44.2. The molecule has 2 N–H and O–H groups in total. The molecular weight excluding hydrogens is 1200 g/mol. The van der Waals surface area contributed by atoms with Crippen LogP contribution in [0.3, 0.4) is 0 Å². The van der Waals surface area contributed by atoms with E-state index in [1.165, 1.54) is 16.7 Å². The Morgan fingerprint density at radius 3 is 1.04 bits per heavy atom. The van der Waals surface area contributed by atoms with Crippen LogP contribution in [0, 0.1) is 69.3 Å². The number of rotatable bonds is 14. The number of hydrogen-bond donors (Lipinski definition) is 2. The lowest BCUT2D eigenvalue weighted by atomic mass is 9.71. The van der Waals surface area contributed by atoms with Crippen LogP contribution >= 0.6 is 0 Å². The zero-order valence-electron chi connectivity index (χ0n) is 62.6. The molecule has 6 nitrogen and oxygen atoms in total. The summed E-state index contributed by atoms with van der Waals surface area (Å²) in [5.74, 6) is 0.800. The van der Waals surface area contributed by atoms with Gasteiger partial charge in [-0.2, -0.15) is 0 Å². The molecule has 8 aromatic carbocycles. The highest BCUT2D eigenvalue weighted by atomic mass is 19.1. The SMILES string of the molecule is [CH2-][O+](C[C@@H]1CCCC[C@H]1C[O+]([CH2-])c1c(C)cc(F)cc1-c1cc(C(C)(C)CC(C)(C)C)cc(-n2c3cc(C(C)(C)C)ccc3c3ccc(C(C)(C)C)cc32)c1O)c1c(C)cc(F)cc1-c1cc(C(C)(C)CC(C)(C)C)cc(-n2c3cc(C)ccc3c3ccc(C(C)(C)C)cc32)c1O. The highest BCUT2D eigenvalue weighted by Gasteiger charge is 2.38. The van der Waals surface area contributed by atoms with Gasteiger partial charge in [0.15, 0.2) is 13.2 Å². The molecule has 0 radical (unpaired) electrons. The fourth-order valence-corrected chi connectivity index (χ4v) is 16.7. The van der Waals surface area contributed by atoms with Gasteiger partial charge in [0.25, 0.3) is 0 Å². The van der Waals surface area contributed by atoms with Gasteiger partial charge in [-0.3, -0.25) is 0 Å². The predicted octanol–water partition coefficient (Wildman–Crippen LogP) is 25.8. The molecule has 1 fully saturated rings. The standard InChI is InChI=1S/C89H110F2N2O4/c1-53-29-33-65-66-34-30-58(85(10,11)12)42-74(66)92(73(65)37-53)77-45-61(88(19,20)51-83(4,5)6)40-69(79(77)94)71-47-63(90)38-54(2)81(71)96(23)49-56-27-25-26-28-57(56)50-97(24)82-55(3)39-64(91)48-72(82)70-41-62(89(21,22)52-84(7,8)9)46-78(80(70)95)93-75-43-59(86(13,14)15)31-35-67(75)68-36-32-60(44-76(68)93)87(16,17)18/h29-48,56-57,94-95H,23-28,49-52H2,1-22H3/t56-,57-/m0/s1. The third-order valence-corrected chi connectivity index (χ3v) is 21.0. The molecule has 97 heavy (non-hydrogen) atoms. The zero-order chi connectivity index (χ0) is 70.9. The van der Waals surface area contributed by atoms with E-state index in [1.54, 1.807) is 24.3 Å². The first-order valence-electron chi connectivity index (χ1n) is 35.4. The maximum Gasteiger partial charge on any atom is 0.237 e. The topological polar surface area (TPSA) is 55.7 Å². The Labute approximate surface area is 579 Å². The monoisotopic (exact) mass is 1310 g/mol. The van der Waals surface area contributed by atoms with E-state index in [4.69, 9.17) is 14.2 Å². The first-order chi connectivity index (χ1) is 44.9. The Morgan fingerprint density at radius 1 is 0.402 bits per heavy atom. The van der Waals surface area contributed by atoms with Crippen molar-refractivity contribution in [2.24, 2.45) is 22.7 Å². The molecule has 1 aliphatic rings. The van der Waals surface area contributed by atoms with Gasteiger partial charge >= 0.3 is 0 Å². The van der Waals surface area contributed by atoms with E-state index in [0.717, 1.165) is 98.8 Å². The number of halogens is 2. The Hall–Kier alpha value is -7.58. The first-order valence-corrected chi connectivity index (χ1v) is 35.4. The largest absolute Gasteiger partial charge is 0.711 e. The molecule has 514 valence electrons. The summed E-state index contributed by atoms with van der Waals surface area (Å²) in [6, 6.07) is 41.6. The van der Waals surface area contributed by atoms with Crippen molar-refractivity contribution in [3.05, 3.63) is 192 Å². The third kappa shape index (κ3) is 14.0. The van der Waals surface area contributed by atoms with Gasteiger partial charge in [0.05, 0.1) is 44.6 Å². The van der Waals surface area contributed by atoms with E-state index < -0.39 is 11.6 Å². The van der Waals surface area contributed by atoms with Crippen LogP contribution in [0.4, 0.5) is 8.78 Å². The summed E-state index contributed by atoms with van der Waals surface area (Å²) in [5.41, 5.74) is 14.2. The van der Waals surface area contributed by atoms with Crippen molar-refractivity contribution < 1.29 is 27.7 Å². The van der Waals surface area contributed by atoms with Gasteiger partial charge in [0, 0.05) is 55.6 Å². The highest BCUT2D eigenvalue weighted by Crippen LogP contribution is 2.54. The molecule has 0 aliphatic heterocycles. The Balaban J connectivity index is 1.03. The van der Waals surface area contributed by atoms with E-state index in [-0.39, 0.29) is 61.2 Å². The summed E-state index contributed by atoms with van der Waals surface area (Å²) in [4.78, 5) is 0. The van der Waals surface area contributed by atoms with Crippen molar-refractivity contribution in [3.63, 3.8) is 0 Å². The third-order valence-electron chi connectivity index (χ3n) is 21.0. The zero-order valence-corrected chi connectivity index (χ0v) is 62.6. The Bertz CT molecular complexity index is 4620. The molecule has 0 amide bonds. The van der Waals surface area contributed by atoms with Gasteiger partial charge < -0.3 is 28.1 Å². The van der Waals surface area contributed by atoms with E-state index in [0.29, 0.717) is 69.5 Å². The number of phenols is 2. The van der Waals surface area contributed by atoms with E-state index >= 15 is 8.78 Å². The number of aromatic nitrogens is 2. The molecule has 8 heteroatoms. The van der Waals surface area contributed by atoms with Crippen molar-refractivity contribution in [2.45, 2.75) is 218 Å². The lowest BCUT2D eigenvalue weighted by molar-refractivity contribution is -0.0612. The van der Waals surface area contributed by atoms with Crippen molar-refractivity contribution in [2.75, 3.05) is 13.2 Å². The Kier molecular flexibility index (Phi) is 18.2. The fourth-order valence-electron chi connectivity index (χ4n) is 16.7. The van der Waals surface area contributed by atoms with Crippen LogP contribution in [-0.4, -0.2) is 32.6 Å². The average Bonchev–Trinajstić information content (AvgIpc) is 1.63. The predicted molar refractivity (Wildman–Crippen MR) is 407 cm³/mol. The minimum absolute atomic E-state index is 0.0365. The number of aromatic hydroxyl groups is 2. The second kappa shape index (κ2) is 25.0. The normalized spacial score (nSPS) is 15.6. The van der Waals surface area contributed by atoms with Crippen LogP contribution in [-0.2, 0) is 35.8 Å². The Morgan fingerprint density at radius 2 is 0.722 bits per heavy atom. The molecule has 2 heterocycles. The second-order valence-electron chi connectivity index (χ2n) is 36.0. The summed E-state index contributed by atoms with van der Waals surface area (Å²) in [6.45, 7) is 49.7. The summed E-state index contributed by atoms with van der Waals surface area (Å²) in [5, 5.41) is 31.2. The van der Waals surface area contributed by atoms with Crippen molar-refractivity contribution >= 4 is 43.6 Å². The van der Waals surface area contributed by atoms with Gasteiger partial charge in [-0.1, -0.05) is 193 Å².